The molecule has 7 heteroatoms. The molecule has 0 bridgehead atoms. The van der Waals surface area contributed by atoms with Gasteiger partial charge in [0.15, 0.2) is 0 Å². The number of hydrogen-bond acceptors (Lipinski definition) is 4. The number of carboxylic acids is 1. The summed E-state index contributed by atoms with van der Waals surface area (Å²) in [6.45, 7) is 1.88. The molecule has 1 fully saturated rings. The van der Waals surface area contributed by atoms with Crippen molar-refractivity contribution in [1.29, 1.82) is 0 Å². The van der Waals surface area contributed by atoms with E-state index < -0.39 is 5.97 Å². The number of aryl methyl sites for hydroxylation is 1. The van der Waals surface area contributed by atoms with Crippen LogP contribution in [0.5, 0.6) is 0 Å². The molecule has 2 heterocycles. The lowest BCUT2D eigenvalue weighted by Gasteiger charge is -2.11. The van der Waals surface area contributed by atoms with E-state index in [0.717, 1.165) is 0 Å². The lowest BCUT2D eigenvalue weighted by atomic mass is 10.2. The van der Waals surface area contributed by atoms with Gasteiger partial charge in [-0.1, -0.05) is 0 Å². The molecule has 106 valence electrons. The van der Waals surface area contributed by atoms with E-state index in [-0.39, 0.29) is 29.1 Å². The van der Waals surface area contributed by atoms with Gasteiger partial charge in [0, 0.05) is 19.0 Å². The zero-order valence-corrected chi connectivity index (χ0v) is 11.0. The Morgan fingerprint density at radius 1 is 1.50 bits per heavy atom. The van der Waals surface area contributed by atoms with E-state index in [0.29, 0.717) is 25.1 Å². The highest BCUT2D eigenvalue weighted by atomic mass is 16.4. The topological polar surface area (TPSA) is 108 Å². The molecule has 1 aromatic heterocycles. The van der Waals surface area contributed by atoms with Crippen LogP contribution in [0.3, 0.4) is 0 Å². The van der Waals surface area contributed by atoms with Crippen molar-refractivity contribution >= 4 is 17.8 Å². The first-order valence-electron chi connectivity index (χ1n) is 6.26. The predicted octanol–water partition coefficient (Wildman–Crippen LogP) is 0.0966. The van der Waals surface area contributed by atoms with Crippen LogP contribution in [0.1, 0.15) is 39.4 Å². The summed E-state index contributed by atoms with van der Waals surface area (Å²) in [5.41, 5.74) is 0.528. The second-order valence-electron chi connectivity index (χ2n) is 4.65. The van der Waals surface area contributed by atoms with Gasteiger partial charge in [-0.3, -0.25) is 9.59 Å². The molecule has 3 N–H and O–H groups in total. The van der Waals surface area contributed by atoms with Gasteiger partial charge in [-0.05, 0) is 25.5 Å². The monoisotopic (exact) mass is 277 g/mol. The van der Waals surface area contributed by atoms with Crippen molar-refractivity contribution in [3.05, 3.63) is 29.1 Å². The van der Waals surface area contributed by atoms with Gasteiger partial charge in [0.25, 0.3) is 5.91 Å². The van der Waals surface area contributed by atoms with Crippen LogP contribution >= 0.6 is 0 Å². The van der Waals surface area contributed by atoms with Crippen LogP contribution in [0, 0.1) is 6.92 Å². The second kappa shape index (κ2) is 5.68. The molecular formula is C13H15N3O4. The first-order valence-corrected chi connectivity index (χ1v) is 6.26. The number of carbonyl (C=O) groups excluding carboxylic acids is 2. The summed E-state index contributed by atoms with van der Waals surface area (Å²) in [6, 6.07) is 2.68. The average molecular weight is 277 g/mol. The summed E-state index contributed by atoms with van der Waals surface area (Å²) in [4.78, 5) is 37.7. The Balaban J connectivity index is 1.97. The van der Waals surface area contributed by atoms with E-state index in [1.54, 1.807) is 0 Å². The Bertz CT molecular complexity index is 571. The third-order valence-electron chi connectivity index (χ3n) is 3.14. The van der Waals surface area contributed by atoms with E-state index in [1.807, 2.05) is 0 Å². The normalized spacial score (nSPS) is 17.6. The van der Waals surface area contributed by atoms with Gasteiger partial charge in [-0.15, -0.1) is 0 Å². The number of amides is 2. The van der Waals surface area contributed by atoms with E-state index in [2.05, 4.69) is 15.6 Å². The van der Waals surface area contributed by atoms with Crippen molar-refractivity contribution < 1.29 is 19.5 Å². The predicted molar refractivity (Wildman–Crippen MR) is 69.4 cm³/mol. The summed E-state index contributed by atoms with van der Waals surface area (Å²) in [5, 5.41) is 14.3. The molecule has 0 aromatic carbocycles. The maximum atomic E-state index is 11.9. The van der Waals surface area contributed by atoms with Crippen molar-refractivity contribution in [1.82, 2.24) is 15.6 Å². The Labute approximate surface area is 115 Å². The van der Waals surface area contributed by atoms with Gasteiger partial charge in [0.2, 0.25) is 5.91 Å². The SMILES string of the molecule is Cc1nc(C(=O)NCC2CCC(=O)N2)ccc1C(=O)O. The fourth-order valence-corrected chi connectivity index (χ4v) is 2.05. The first-order chi connectivity index (χ1) is 9.47. The van der Waals surface area contributed by atoms with Crippen LogP contribution in [0.2, 0.25) is 0 Å². The molecule has 7 nitrogen and oxygen atoms in total. The van der Waals surface area contributed by atoms with Gasteiger partial charge in [-0.2, -0.15) is 0 Å². The Morgan fingerprint density at radius 3 is 2.80 bits per heavy atom. The number of carbonyl (C=O) groups is 3. The standard InChI is InChI=1S/C13H15N3O4/c1-7-9(13(19)20)3-4-10(15-7)12(18)14-6-8-2-5-11(17)16-8/h3-4,8H,2,5-6H2,1H3,(H,14,18)(H,16,17)(H,19,20). The highest BCUT2D eigenvalue weighted by Crippen LogP contribution is 2.08. The average Bonchev–Trinajstić information content (AvgIpc) is 2.81. The maximum Gasteiger partial charge on any atom is 0.337 e. The smallest absolute Gasteiger partial charge is 0.337 e. The number of pyridine rings is 1. The fourth-order valence-electron chi connectivity index (χ4n) is 2.05. The fraction of sp³-hybridized carbons (Fsp3) is 0.385. The highest BCUT2D eigenvalue weighted by molar-refractivity contribution is 5.94. The molecule has 1 atom stereocenters. The number of hydrogen-bond donors (Lipinski definition) is 3. The van der Waals surface area contributed by atoms with Crippen LogP contribution < -0.4 is 10.6 Å². The molecular weight excluding hydrogens is 262 g/mol. The van der Waals surface area contributed by atoms with Crippen molar-refractivity contribution in [2.24, 2.45) is 0 Å². The molecule has 2 rings (SSSR count). The van der Waals surface area contributed by atoms with Gasteiger partial charge in [-0.25, -0.2) is 9.78 Å². The third-order valence-corrected chi connectivity index (χ3v) is 3.14. The number of carboxylic acid groups (broad SMARTS) is 1. The van der Waals surface area contributed by atoms with Crippen molar-refractivity contribution in [2.75, 3.05) is 6.54 Å². The Morgan fingerprint density at radius 2 is 2.25 bits per heavy atom. The molecule has 1 aliphatic rings. The van der Waals surface area contributed by atoms with Crippen LogP contribution in [0.15, 0.2) is 12.1 Å². The van der Waals surface area contributed by atoms with Crippen LogP contribution in [0.25, 0.3) is 0 Å². The molecule has 0 radical (unpaired) electrons. The lowest BCUT2D eigenvalue weighted by molar-refractivity contribution is -0.119. The zero-order chi connectivity index (χ0) is 14.7. The molecule has 0 saturated carbocycles. The molecule has 0 aliphatic carbocycles. The van der Waals surface area contributed by atoms with Crippen molar-refractivity contribution in [3.63, 3.8) is 0 Å². The number of nitrogens with zero attached hydrogens (tertiary/aromatic N) is 1. The summed E-state index contributed by atoms with van der Waals surface area (Å²) in [6.07, 6.45) is 1.18. The van der Waals surface area contributed by atoms with Gasteiger partial charge in [0.1, 0.15) is 5.69 Å². The number of aromatic carboxylic acids is 1. The van der Waals surface area contributed by atoms with Crippen molar-refractivity contribution in [3.8, 4) is 0 Å². The third kappa shape index (κ3) is 3.11. The van der Waals surface area contributed by atoms with E-state index >= 15 is 0 Å². The molecule has 20 heavy (non-hydrogen) atoms. The molecule has 1 saturated heterocycles. The van der Waals surface area contributed by atoms with Gasteiger partial charge >= 0.3 is 5.97 Å². The summed E-state index contributed by atoms with van der Waals surface area (Å²) >= 11 is 0. The van der Waals surface area contributed by atoms with E-state index in [9.17, 15) is 14.4 Å². The largest absolute Gasteiger partial charge is 0.478 e. The van der Waals surface area contributed by atoms with Gasteiger partial charge < -0.3 is 15.7 Å². The molecule has 1 aliphatic heterocycles. The second-order valence-corrected chi connectivity index (χ2v) is 4.65. The van der Waals surface area contributed by atoms with Crippen LogP contribution in [-0.4, -0.2) is 40.5 Å². The molecule has 1 aromatic rings. The maximum absolute atomic E-state index is 11.9. The Kier molecular flexibility index (Phi) is 3.97. The lowest BCUT2D eigenvalue weighted by Crippen LogP contribution is -2.38. The van der Waals surface area contributed by atoms with E-state index in [4.69, 9.17) is 5.11 Å². The van der Waals surface area contributed by atoms with Crippen LogP contribution in [0.4, 0.5) is 0 Å². The zero-order valence-electron chi connectivity index (χ0n) is 11.0. The minimum absolute atomic E-state index is 0.0102. The molecule has 2 amide bonds. The van der Waals surface area contributed by atoms with Crippen molar-refractivity contribution in [2.45, 2.75) is 25.8 Å². The number of aromatic nitrogens is 1. The Hall–Kier alpha value is -2.44. The highest BCUT2D eigenvalue weighted by Gasteiger charge is 2.21. The summed E-state index contributed by atoms with van der Waals surface area (Å²) in [7, 11) is 0. The van der Waals surface area contributed by atoms with Crippen LogP contribution in [-0.2, 0) is 4.79 Å². The summed E-state index contributed by atoms with van der Waals surface area (Å²) in [5.74, 6) is -1.47. The van der Waals surface area contributed by atoms with E-state index in [1.165, 1.54) is 19.1 Å². The molecule has 0 spiro atoms. The quantitative estimate of drug-likeness (QED) is 0.723. The molecule has 1 unspecified atom stereocenters. The minimum atomic E-state index is -1.07. The van der Waals surface area contributed by atoms with Gasteiger partial charge in [0.05, 0.1) is 11.3 Å². The number of rotatable bonds is 4. The number of nitrogens with one attached hydrogen (secondary N) is 2. The summed E-state index contributed by atoms with van der Waals surface area (Å²) < 4.78 is 0. The minimum Gasteiger partial charge on any atom is -0.478 e. The first kappa shape index (κ1) is 14.0.